The molecule has 1 fully saturated rings. The van der Waals surface area contributed by atoms with Crippen molar-refractivity contribution in [2.45, 2.75) is 38.1 Å². The van der Waals surface area contributed by atoms with Crippen molar-refractivity contribution in [2.75, 3.05) is 18.6 Å². The molecule has 3 N–H and O–H groups in total. The summed E-state index contributed by atoms with van der Waals surface area (Å²) in [6, 6.07) is -0.321. The van der Waals surface area contributed by atoms with E-state index in [-0.39, 0.29) is 11.9 Å². The number of rotatable bonds is 7. The van der Waals surface area contributed by atoms with Crippen LogP contribution in [0.4, 0.5) is 0 Å². The molecule has 0 unspecified atom stereocenters. The van der Waals surface area contributed by atoms with Gasteiger partial charge >= 0.3 is 0 Å². The SMILES string of the molecule is CSCC[C@@H](N)C(=O)NCCC1CCC1. The van der Waals surface area contributed by atoms with E-state index < -0.39 is 0 Å². The smallest absolute Gasteiger partial charge is 0.236 e. The highest BCUT2D eigenvalue weighted by molar-refractivity contribution is 7.98. The van der Waals surface area contributed by atoms with Gasteiger partial charge in [0.15, 0.2) is 0 Å². The summed E-state index contributed by atoms with van der Waals surface area (Å²) in [4.78, 5) is 11.5. The van der Waals surface area contributed by atoms with Crippen LogP contribution in [0.1, 0.15) is 32.1 Å². The van der Waals surface area contributed by atoms with Gasteiger partial charge in [-0.1, -0.05) is 19.3 Å². The van der Waals surface area contributed by atoms with Gasteiger partial charge in [0.2, 0.25) is 5.91 Å². The lowest BCUT2D eigenvalue weighted by atomic mass is 9.83. The number of thioether (sulfide) groups is 1. The number of carbonyl (C=O) groups excluding carboxylic acids is 1. The van der Waals surface area contributed by atoms with Crippen molar-refractivity contribution in [1.82, 2.24) is 5.32 Å². The van der Waals surface area contributed by atoms with Crippen molar-refractivity contribution < 1.29 is 4.79 Å². The molecule has 15 heavy (non-hydrogen) atoms. The summed E-state index contributed by atoms with van der Waals surface area (Å²) in [5.41, 5.74) is 5.74. The maximum absolute atomic E-state index is 11.5. The molecule has 0 aromatic carbocycles. The Labute approximate surface area is 96.6 Å². The van der Waals surface area contributed by atoms with E-state index in [1.807, 2.05) is 6.26 Å². The van der Waals surface area contributed by atoms with Crippen LogP contribution in [0.15, 0.2) is 0 Å². The zero-order valence-electron chi connectivity index (χ0n) is 9.50. The van der Waals surface area contributed by atoms with Gasteiger partial charge < -0.3 is 11.1 Å². The Kier molecular flexibility index (Phi) is 6.10. The van der Waals surface area contributed by atoms with Crippen LogP contribution in [0.5, 0.6) is 0 Å². The molecule has 0 bridgehead atoms. The van der Waals surface area contributed by atoms with E-state index in [0.717, 1.165) is 31.1 Å². The largest absolute Gasteiger partial charge is 0.355 e. The first-order chi connectivity index (χ1) is 7.24. The summed E-state index contributed by atoms with van der Waals surface area (Å²) >= 11 is 1.73. The molecule has 1 atom stereocenters. The van der Waals surface area contributed by atoms with Crippen LogP contribution in [0.3, 0.4) is 0 Å². The van der Waals surface area contributed by atoms with E-state index in [4.69, 9.17) is 5.73 Å². The fourth-order valence-corrected chi connectivity index (χ4v) is 2.18. The summed E-state index contributed by atoms with van der Waals surface area (Å²) in [7, 11) is 0. The summed E-state index contributed by atoms with van der Waals surface area (Å²) in [5.74, 6) is 1.83. The van der Waals surface area contributed by atoms with Gasteiger partial charge in [-0.05, 0) is 30.8 Å². The Morgan fingerprint density at radius 2 is 2.33 bits per heavy atom. The fourth-order valence-electron chi connectivity index (χ4n) is 1.69. The highest BCUT2D eigenvalue weighted by Gasteiger charge is 2.18. The molecule has 0 aromatic heterocycles. The zero-order valence-corrected chi connectivity index (χ0v) is 10.3. The molecule has 3 nitrogen and oxygen atoms in total. The first-order valence-corrected chi connectivity index (χ1v) is 7.15. The molecule has 88 valence electrons. The van der Waals surface area contributed by atoms with Crippen LogP contribution in [0, 0.1) is 5.92 Å². The van der Waals surface area contributed by atoms with Crippen LogP contribution in [-0.4, -0.2) is 30.5 Å². The summed E-state index contributed by atoms with van der Waals surface area (Å²) in [5, 5.41) is 2.92. The van der Waals surface area contributed by atoms with E-state index in [9.17, 15) is 4.79 Å². The number of hydrogen-bond donors (Lipinski definition) is 2. The number of carbonyl (C=O) groups is 1. The van der Waals surface area contributed by atoms with E-state index in [0.29, 0.717) is 0 Å². The Balaban J connectivity index is 2.00. The second-order valence-corrected chi connectivity index (χ2v) is 5.25. The lowest BCUT2D eigenvalue weighted by molar-refractivity contribution is -0.122. The van der Waals surface area contributed by atoms with Gasteiger partial charge in [0.1, 0.15) is 0 Å². The predicted molar refractivity (Wildman–Crippen MR) is 65.9 cm³/mol. The molecular weight excluding hydrogens is 208 g/mol. The number of amides is 1. The highest BCUT2D eigenvalue weighted by atomic mass is 32.2. The summed E-state index contributed by atoms with van der Waals surface area (Å²) in [6.45, 7) is 0.802. The number of nitrogens with one attached hydrogen (secondary N) is 1. The normalized spacial score (nSPS) is 18.3. The van der Waals surface area contributed by atoms with Gasteiger partial charge in [-0.3, -0.25) is 4.79 Å². The maximum Gasteiger partial charge on any atom is 0.236 e. The molecule has 1 aliphatic rings. The van der Waals surface area contributed by atoms with E-state index >= 15 is 0 Å². The van der Waals surface area contributed by atoms with Gasteiger partial charge in [0, 0.05) is 6.54 Å². The number of hydrogen-bond acceptors (Lipinski definition) is 3. The minimum Gasteiger partial charge on any atom is -0.355 e. The van der Waals surface area contributed by atoms with Gasteiger partial charge in [-0.25, -0.2) is 0 Å². The summed E-state index contributed by atoms with van der Waals surface area (Å²) in [6.07, 6.45) is 7.98. The lowest BCUT2D eigenvalue weighted by Crippen LogP contribution is -2.41. The molecule has 0 saturated heterocycles. The summed E-state index contributed by atoms with van der Waals surface area (Å²) < 4.78 is 0. The first kappa shape index (κ1) is 12.8. The lowest BCUT2D eigenvalue weighted by Gasteiger charge is -2.25. The van der Waals surface area contributed by atoms with Crippen LogP contribution < -0.4 is 11.1 Å². The Morgan fingerprint density at radius 3 is 2.87 bits per heavy atom. The predicted octanol–water partition coefficient (Wildman–Crippen LogP) is 1.37. The third kappa shape index (κ3) is 4.89. The monoisotopic (exact) mass is 230 g/mol. The molecule has 0 heterocycles. The van der Waals surface area contributed by atoms with Crippen LogP contribution >= 0.6 is 11.8 Å². The van der Waals surface area contributed by atoms with E-state index in [1.54, 1.807) is 11.8 Å². The minimum atomic E-state index is -0.321. The Morgan fingerprint density at radius 1 is 1.60 bits per heavy atom. The van der Waals surface area contributed by atoms with Crippen molar-refractivity contribution in [3.05, 3.63) is 0 Å². The highest BCUT2D eigenvalue weighted by Crippen LogP contribution is 2.28. The van der Waals surface area contributed by atoms with Crippen LogP contribution in [0.25, 0.3) is 0 Å². The molecule has 0 spiro atoms. The average Bonchev–Trinajstić information content (AvgIpc) is 2.17. The third-order valence-electron chi connectivity index (χ3n) is 3.05. The molecule has 1 rings (SSSR count). The molecule has 1 saturated carbocycles. The standard InChI is InChI=1S/C11H22N2OS/c1-15-8-6-10(12)11(14)13-7-5-9-3-2-4-9/h9-10H,2-8,12H2,1H3,(H,13,14)/t10-/m1/s1. The number of nitrogens with two attached hydrogens (primary N) is 1. The first-order valence-electron chi connectivity index (χ1n) is 5.76. The Hall–Kier alpha value is -0.220. The third-order valence-corrected chi connectivity index (χ3v) is 3.69. The fraction of sp³-hybridized carbons (Fsp3) is 0.909. The molecule has 0 radical (unpaired) electrons. The van der Waals surface area contributed by atoms with Crippen LogP contribution in [0.2, 0.25) is 0 Å². The molecule has 1 aliphatic carbocycles. The second-order valence-electron chi connectivity index (χ2n) is 4.26. The van der Waals surface area contributed by atoms with Crippen molar-refractivity contribution in [2.24, 2.45) is 11.7 Å². The molecule has 1 amide bonds. The van der Waals surface area contributed by atoms with E-state index in [1.165, 1.54) is 19.3 Å². The van der Waals surface area contributed by atoms with Crippen molar-refractivity contribution in [1.29, 1.82) is 0 Å². The van der Waals surface area contributed by atoms with E-state index in [2.05, 4.69) is 5.32 Å². The van der Waals surface area contributed by atoms with Gasteiger partial charge in [0.05, 0.1) is 6.04 Å². The Bertz CT molecular complexity index is 195. The minimum absolute atomic E-state index is 0.0170. The molecular formula is C11H22N2OS. The van der Waals surface area contributed by atoms with Gasteiger partial charge in [-0.15, -0.1) is 0 Å². The second kappa shape index (κ2) is 7.12. The topological polar surface area (TPSA) is 55.1 Å². The zero-order chi connectivity index (χ0) is 11.1. The van der Waals surface area contributed by atoms with Crippen molar-refractivity contribution in [3.63, 3.8) is 0 Å². The van der Waals surface area contributed by atoms with Gasteiger partial charge in [-0.2, -0.15) is 11.8 Å². The van der Waals surface area contributed by atoms with Crippen molar-refractivity contribution >= 4 is 17.7 Å². The van der Waals surface area contributed by atoms with Crippen molar-refractivity contribution in [3.8, 4) is 0 Å². The quantitative estimate of drug-likeness (QED) is 0.694. The molecule has 4 heteroatoms. The maximum atomic E-state index is 11.5. The molecule has 0 aliphatic heterocycles. The molecule has 0 aromatic rings. The average molecular weight is 230 g/mol. The van der Waals surface area contributed by atoms with Crippen LogP contribution in [-0.2, 0) is 4.79 Å². The van der Waals surface area contributed by atoms with Gasteiger partial charge in [0.25, 0.3) is 0 Å².